The van der Waals surface area contributed by atoms with E-state index in [1.54, 1.807) is 6.20 Å². The van der Waals surface area contributed by atoms with E-state index < -0.39 is 7.59 Å². The summed E-state index contributed by atoms with van der Waals surface area (Å²) in [6.45, 7) is 1.57. The molecule has 116 valence electrons. The standard InChI is InChI=1S/C12H21N6O2P/c13-21(14,20)18-9-3-4-10(12(18)19)15-7-8-17-11-5-1-2-6-16-11/h1-2,5-6,10,15H,3-4,7-9H2,(H,16,17)(H4,13,14,20)/t10-/m0/s1. The van der Waals surface area contributed by atoms with Gasteiger partial charge in [0.05, 0.1) is 6.04 Å². The van der Waals surface area contributed by atoms with Crippen LogP contribution in [0.4, 0.5) is 5.82 Å². The molecule has 6 N–H and O–H groups in total. The van der Waals surface area contributed by atoms with Crippen molar-refractivity contribution < 1.29 is 9.36 Å². The Bertz CT molecular complexity index is 520. The lowest BCUT2D eigenvalue weighted by molar-refractivity contribution is -0.130. The number of pyridine rings is 1. The lowest BCUT2D eigenvalue weighted by Crippen LogP contribution is -2.51. The summed E-state index contributed by atoms with van der Waals surface area (Å²) in [5.74, 6) is 0.497. The van der Waals surface area contributed by atoms with Crippen LogP contribution in [0.3, 0.4) is 0 Å². The summed E-state index contributed by atoms with van der Waals surface area (Å²) in [5, 5.41) is 6.27. The molecule has 21 heavy (non-hydrogen) atoms. The number of aromatic nitrogens is 1. The van der Waals surface area contributed by atoms with Gasteiger partial charge >= 0.3 is 7.59 Å². The second-order valence-electron chi connectivity index (χ2n) is 4.92. The average Bonchev–Trinajstić information content (AvgIpc) is 2.45. The van der Waals surface area contributed by atoms with Crippen molar-refractivity contribution in [1.29, 1.82) is 0 Å². The van der Waals surface area contributed by atoms with Crippen LogP contribution in [0.1, 0.15) is 12.8 Å². The number of nitrogens with two attached hydrogens (primary N) is 2. The van der Waals surface area contributed by atoms with Gasteiger partial charge in [0.25, 0.3) is 0 Å². The molecule has 9 heteroatoms. The van der Waals surface area contributed by atoms with Crippen molar-refractivity contribution in [2.75, 3.05) is 25.0 Å². The van der Waals surface area contributed by atoms with Gasteiger partial charge in [0.1, 0.15) is 5.82 Å². The van der Waals surface area contributed by atoms with Crippen molar-refractivity contribution in [3.63, 3.8) is 0 Å². The highest BCUT2D eigenvalue weighted by molar-refractivity contribution is 7.57. The van der Waals surface area contributed by atoms with E-state index >= 15 is 0 Å². The molecule has 0 bridgehead atoms. The van der Waals surface area contributed by atoms with Crippen molar-refractivity contribution in [1.82, 2.24) is 15.0 Å². The summed E-state index contributed by atoms with van der Waals surface area (Å²) in [4.78, 5) is 16.3. The topological polar surface area (TPSA) is 126 Å². The molecule has 0 aromatic carbocycles. The van der Waals surface area contributed by atoms with E-state index in [0.717, 1.165) is 16.9 Å². The van der Waals surface area contributed by atoms with Gasteiger partial charge in [-0.05, 0) is 25.0 Å². The van der Waals surface area contributed by atoms with Gasteiger partial charge in [0.2, 0.25) is 5.91 Å². The molecule has 1 aliphatic rings. The Kier molecular flexibility index (Phi) is 5.30. The summed E-state index contributed by atoms with van der Waals surface area (Å²) in [7, 11) is -3.50. The van der Waals surface area contributed by atoms with Gasteiger partial charge in [-0.1, -0.05) is 6.07 Å². The first-order valence-corrected chi connectivity index (χ1v) is 8.65. The molecule has 1 fully saturated rings. The summed E-state index contributed by atoms with van der Waals surface area (Å²) >= 11 is 0. The molecule has 1 aliphatic heterocycles. The minimum absolute atomic E-state index is 0.285. The summed E-state index contributed by atoms with van der Waals surface area (Å²) < 4.78 is 12.8. The number of nitrogens with zero attached hydrogens (tertiary/aromatic N) is 2. The van der Waals surface area contributed by atoms with E-state index in [1.807, 2.05) is 18.2 Å². The zero-order valence-corrected chi connectivity index (χ0v) is 12.6. The van der Waals surface area contributed by atoms with Crippen LogP contribution in [-0.4, -0.2) is 41.2 Å². The number of piperidine rings is 1. The number of carbonyl (C=O) groups is 1. The molecule has 0 unspecified atom stereocenters. The predicted octanol–water partition coefficient (Wildman–Crippen LogP) is 0.0996. The number of carbonyl (C=O) groups excluding carboxylic acids is 1. The number of rotatable bonds is 6. The highest BCUT2D eigenvalue weighted by atomic mass is 31.2. The molecule has 1 aromatic heterocycles. The van der Waals surface area contributed by atoms with E-state index in [4.69, 9.17) is 11.0 Å². The number of anilines is 1. The van der Waals surface area contributed by atoms with Crippen LogP contribution >= 0.6 is 7.59 Å². The Labute approximate surface area is 123 Å². The molecule has 1 amide bonds. The summed E-state index contributed by atoms with van der Waals surface area (Å²) in [6, 6.07) is 5.22. The number of hydrogen-bond acceptors (Lipinski definition) is 5. The van der Waals surface area contributed by atoms with Crippen molar-refractivity contribution in [3.8, 4) is 0 Å². The molecular weight excluding hydrogens is 291 g/mol. The van der Waals surface area contributed by atoms with Crippen LogP contribution in [0.25, 0.3) is 0 Å². The smallest absolute Gasteiger partial charge is 0.302 e. The van der Waals surface area contributed by atoms with Gasteiger partial charge in [-0.3, -0.25) is 25.0 Å². The van der Waals surface area contributed by atoms with Gasteiger partial charge in [-0.25, -0.2) is 4.98 Å². The first-order chi connectivity index (χ1) is 9.98. The monoisotopic (exact) mass is 312 g/mol. The Morgan fingerprint density at radius 2 is 2.19 bits per heavy atom. The normalized spacial score (nSPS) is 19.6. The van der Waals surface area contributed by atoms with Crippen LogP contribution in [0.5, 0.6) is 0 Å². The van der Waals surface area contributed by atoms with Crippen LogP contribution in [0, 0.1) is 0 Å². The minimum atomic E-state index is -3.50. The van der Waals surface area contributed by atoms with Gasteiger partial charge in [-0.15, -0.1) is 0 Å². The van der Waals surface area contributed by atoms with Gasteiger partial charge in [0, 0.05) is 25.8 Å². The Hall–Kier alpha value is -1.47. The molecule has 0 saturated carbocycles. The maximum Gasteiger partial charge on any atom is 0.302 e. The summed E-state index contributed by atoms with van der Waals surface area (Å²) in [6.07, 6.45) is 3.13. The largest absolute Gasteiger partial charge is 0.369 e. The SMILES string of the molecule is NP(N)(=O)N1CCC[C@H](NCCNc2ccccn2)C1=O. The van der Waals surface area contributed by atoms with E-state index in [0.29, 0.717) is 26.1 Å². The van der Waals surface area contributed by atoms with Crippen molar-refractivity contribution in [3.05, 3.63) is 24.4 Å². The number of amides is 1. The van der Waals surface area contributed by atoms with Gasteiger partial charge in [-0.2, -0.15) is 0 Å². The third-order valence-electron chi connectivity index (χ3n) is 3.28. The van der Waals surface area contributed by atoms with Crippen LogP contribution in [0.2, 0.25) is 0 Å². The molecule has 1 saturated heterocycles. The number of hydrogen-bond donors (Lipinski definition) is 4. The molecule has 0 spiro atoms. The highest BCUT2D eigenvalue weighted by Gasteiger charge is 2.35. The fourth-order valence-corrected chi connectivity index (χ4v) is 3.16. The zero-order chi connectivity index (χ0) is 15.3. The Morgan fingerprint density at radius 1 is 1.38 bits per heavy atom. The predicted molar refractivity (Wildman–Crippen MR) is 81.4 cm³/mol. The molecule has 0 radical (unpaired) electrons. The average molecular weight is 312 g/mol. The second-order valence-corrected chi connectivity index (χ2v) is 6.75. The Morgan fingerprint density at radius 3 is 2.86 bits per heavy atom. The quantitative estimate of drug-likeness (QED) is 0.433. The third kappa shape index (κ3) is 4.50. The third-order valence-corrected chi connectivity index (χ3v) is 4.43. The Balaban J connectivity index is 1.78. The second kappa shape index (κ2) is 7.00. The fraction of sp³-hybridized carbons (Fsp3) is 0.500. The molecule has 8 nitrogen and oxygen atoms in total. The molecule has 1 atom stereocenters. The van der Waals surface area contributed by atoms with Crippen molar-refractivity contribution in [2.45, 2.75) is 18.9 Å². The lowest BCUT2D eigenvalue weighted by atomic mass is 10.1. The number of nitrogens with one attached hydrogen (secondary N) is 2. The van der Waals surface area contributed by atoms with E-state index in [9.17, 15) is 9.36 Å². The molecule has 1 aromatic rings. The van der Waals surface area contributed by atoms with Crippen molar-refractivity contribution in [2.24, 2.45) is 11.0 Å². The fourth-order valence-electron chi connectivity index (χ4n) is 2.26. The molecular formula is C12H21N6O2P. The first-order valence-electron chi connectivity index (χ1n) is 6.86. The molecule has 0 aliphatic carbocycles. The van der Waals surface area contributed by atoms with Gasteiger partial charge < -0.3 is 10.6 Å². The molecule has 2 heterocycles. The van der Waals surface area contributed by atoms with Crippen LogP contribution in [0.15, 0.2) is 24.4 Å². The zero-order valence-electron chi connectivity index (χ0n) is 11.7. The first kappa shape index (κ1) is 15.9. The molecule has 2 rings (SSSR count). The summed E-state index contributed by atoms with van der Waals surface area (Å²) in [5.41, 5.74) is 10.8. The minimum Gasteiger partial charge on any atom is -0.369 e. The van der Waals surface area contributed by atoms with E-state index in [1.165, 1.54) is 0 Å². The van der Waals surface area contributed by atoms with E-state index in [2.05, 4.69) is 15.6 Å². The highest BCUT2D eigenvalue weighted by Crippen LogP contribution is 2.35. The lowest BCUT2D eigenvalue weighted by Gasteiger charge is -2.34. The van der Waals surface area contributed by atoms with Crippen LogP contribution in [-0.2, 0) is 9.36 Å². The van der Waals surface area contributed by atoms with Crippen molar-refractivity contribution >= 4 is 19.3 Å². The maximum absolute atomic E-state index is 12.1. The van der Waals surface area contributed by atoms with Gasteiger partial charge in [0.15, 0.2) is 0 Å². The van der Waals surface area contributed by atoms with E-state index in [-0.39, 0.29) is 11.9 Å². The van der Waals surface area contributed by atoms with Crippen LogP contribution < -0.4 is 21.6 Å². The maximum atomic E-state index is 12.1.